The lowest BCUT2D eigenvalue weighted by Crippen LogP contribution is -2.40. The molecular weight excluding hydrogens is 308 g/mol. The number of carbonyl (C=O) groups is 1. The second-order valence-electron chi connectivity index (χ2n) is 6.83. The van der Waals surface area contributed by atoms with E-state index in [2.05, 4.69) is 14.5 Å². The van der Waals surface area contributed by atoms with Crippen LogP contribution in [0.25, 0.3) is 11.2 Å². The number of methoxy groups -OCH3 is 1. The molecule has 0 aliphatic rings. The van der Waals surface area contributed by atoms with Gasteiger partial charge in [-0.15, -0.1) is 0 Å². The van der Waals surface area contributed by atoms with Gasteiger partial charge in [0.05, 0.1) is 24.7 Å². The fourth-order valence-electron chi connectivity index (χ4n) is 2.43. The third kappa shape index (κ3) is 4.44. The Morgan fingerprint density at radius 2 is 2.12 bits per heavy atom. The Hall–Kier alpha value is -2.15. The Morgan fingerprint density at radius 3 is 2.75 bits per heavy atom. The van der Waals surface area contributed by atoms with E-state index in [1.54, 1.807) is 20.4 Å². The first-order valence-corrected chi connectivity index (χ1v) is 7.96. The van der Waals surface area contributed by atoms with Crippen molar-refractivity contribution in [3.8, 4) is 0 Å². The Bertz CT molecular complexity index is 705. The molecule has 24 heavy (non-hydrogen) atoms. The van der Waals surface area contributed by atoms with Gasteiger partial charge in [0.1, 0.15) is 11.4 Å². The number of hydrogen-bond acceptors (Lipinski definition) is 5. The van der Waals surface area contributed by atoms with Gasteiger partial charge in [0.2, 0.25) is 0 Å². The fraction of sp³-hybridized carbons (Fsp3) is 0.588. The van der Waals surface area contributed by atoms with Gasteiger partial charge < -0.3 is 18.9 Å². The molecule has 0 aromatic carbocycles. The number of amides is 1. The zero-order valence-corrected chi connectivity index (χ0v) is 15.2. The van der Waals surface area contributed by atoms with Gasteiger partial charge in [-0.2, -0.15) is 0 Å². The average Bonchev–Trinajstić information content (AvgIpc) is 2.80. The molecule has 0 spiro atoms. The Balaban J connectivity index is 2.09. The lowest BCUT2D eigenvalue weighted by Gasteiger charge is -2.27. The van der Waals surface area contributed by atoms with E-state index < -0.39 is 5.60 Å². The molecule has 1 amide bonds. The van der Waals surface area contributed by atoms with E-state index in [-0.39, 0.29) is 12.2 Å². The van der Waals surface area contributed by atoms with Crippen molar-refractivity contribution in [1.29, 1.82) is 0 Å². The molecule has 7 heteroatoms. The van der Waals surface area contributed by atoms with E-state index in [0.29, 0.717) is 18.7 Å². The highest BCUT2D eigenvalue weighted by Crippen LogP contribution is 2.15. The lowest BCUT2D eigenvalue weighted by molar-refractivity contribution is 0.0116. The molecule has 7 nitrogen and oxygen atoms in total. The summed E-state index contributed by atoms with van der Waals surface area (Å²) in [6, 6.07) is 3.86. The van der Waals surface area contributed by atoms with Crippen LogP contribution in [0.4, 0.5) is 4.79 Å². The zero-order valence-electron chi connectivity index (χ0n) is 15.2. The minimum absolute atomic E-state index is 0.182. The Morgan fingerprint density at radius 1 is 1.42 bits per heavy atom. The Labute approximate surface area is 142 Å². The maximum atomic E-state index is 12.1. The van der Waals surface area contributed by atoms with E-state index >= 15 is 0 Å². The van der Waals surface area contributed by atoms with Crippen molar-refractivity contribution >= 4 is 17.3 Å². The summed E-state index contributed by atoms with van der Waals surface area (Å²) in [5.41, 5.74) is 1.15. The lowest BCUT2D eigenvalue weighted by atomic mass is 10.2. The molecule has 0 saturated carbocycles. The second kappa shape index (κ2) is 7.17. The first-order chi connectivity index (χ1) is 11.2. The van der Waals surface area contributed by atoms with Gasteiger partial charge in [-0.25, -0.2) is 14.8 Å². The third-order valence-electron chi connectivity index (χ3n) is 3.62. The van der Waals surface area contributed by atoms with E-state index in [1.165, 1.54) is 4.90 Å². The predicted molar refractivity (Wildman–Crippen MR) is 91.9 cm³/mol. The maximum absolute atomic E-state index is 12.1. The van der Waals surface area contributed by atoms with Crippen molar-refractivity contribution in [1.82, 2.24) is 19.4 Å². The Kier molecular flexibility index (Phi) is 5.43. The zero-order chi connectivity index (χ0) is 17.9. The molecule has 0 unspecified atom stereocenters. The van der Waals surface area contributed by atoms with Crippen molar-refractivity contribution in [2.24, 2.45) is 0 Å². The summed E-state index contributed by atoms with van der Waals surface area (Å²) in [7, 11) is 3.35. The molecule has 2 rings (SSSR count). The van der Waals surface area contributed by atoms with Crippen molar-refractivity contribution in [2.45, 2.75) is 45.9 Å². The molecule has 2 heterocycles. The van der Waals surface area contributed by atoms with Crippen LogP contribution in [0.3, 0.4) is 0 Å². The molecule has 0 fully saturated rings. The van der Waals surface area contributed by atoms with Crippen molar-refractivity contribution in [3.05, 3.63) is 24.2 Å². The molecule has 0 aliphatic heterocycles. The number of aryl methyl sites for hydroxylation is 1. The van der Waals surface area contributed by atoms with Crippen molar-refractivity contribution < 1.29 is 14.3 Å². The number of carbonyl (C=O) groups excluding carboxylic acids is 1. The monoisotopic (exact) mass is 334 g/mol. The summed E-state index contributed by atoms with van der Waals surface area (Å²) < 4.78 is 13.0. The molecule has 0 N–H and O–H groups in total. The topological polar surface area (TPSA) is 69.5 Å². The first-order valence-electron chi connectivity index (χ1n) is 7.96. The van der Waals surface area contributed by atoms with E-state index in [9.17, 15) is 4.79 Å². The maximum Gasteiger partial charge on any atom is 0.410 e. The number of fused-ring (bicyclic) bond motifs is 1. The van der Waals surface area contributed by atoms with Gasteiger partial charge in [-0.05, 0) is 39.8 Å². The first kappa shape index (κ1) is 18.2. The van der Waals surface area contributed by atoms with Crippen LogP contribution in [-0.2, 0) is 16.0 Å². The molecular formula is C17H26N4O3. The number of imidazole rings is 1. The summed E-state index contributed by atoms with van der Waals surface area (Å²) >= 11 is 0. The number of ether oxygens (including phenoxy) is 2. The highest BCUT2D eigenvalue weighted by molar-refractivity contribution is 5.71. The van der Waals surface area contributed by atoms with Crippen LogP contribution in [0.5, 0.6) is 0 Å². The summed E-state index contributed by atoms with van der Waals surface area (Å²) in [4.78, 5) is 22.4. The molecule has 0 bridgehead atoms. The number of nitrogens with zero attached hydrogens (tertiary/aromatic N) is 4. The molecule has 0 saturated heterocycles. The predicted octanol–water partition coefficient (Wildman–Crippen LogP) is 2.62. The highest BCUT2D eigenvalue weighted by Gasteiger charge is 2.23. The van der Waals surface area contributed by atoms with E-state index in [4.69, 9.17) is 9.47 Å². The van der Waals surface area contributed by atoms with Gasteiger partial charge in [0.15, 0.2) is 5.65 Å². The minimum Gasteiger partial charge on any atom is -0.444 e. The number of pyridine rings is 1. The van der Waals surface area contributed by atoms with Crippen LogP contribution in [0.1, 0.15) is 26.6 Å². The summed E-state index contributed by atoms with van der Waals surface area (Å²) in [6.45, 7) is 8.48. The molecule has 2 aromatic rings. The molecule has 0 radical (unpaired) electrons. The minimum atomic E-state index is -0.517. The van der Waals surface area contributed by atoms with Gasteiger partial charge in [-0.3, -0.25) is 0 Å². The highest BCUT2D eigenvalue weighted by atomic mass is 16.6. The summed E-state index contributed by atoms with van der Waals surface area (Å²) in [6.07, 6.45) is 1.18. The number of aromatic nitrogens is 3. The molecule has 0 aliphatic carbocycles. The van der Waals surface area contributed by atoms with E-state index in [1.807, 2.05) is 39.8 Å². The number of hydrogen-bond donors (Lipinski definition) is 0. The summed E-state index contributed by atoms with van der Waals surface area (Å²) in [5, 5.41) is 0. The SMILES string of the molecule is CO[C@@H](CN(C)C(=O)OC(C)(C)C)Cn1c(C)nc2ncccc21. The van der Waals surface area contributed by atoms with E-state index in [0.717, 1.165) is 11.3 Å². The van der Waals surface area contributed by atoms with Gasteiger partial charge >= 0.3 is 6.09 Å². The number of likely N-dealkylation sites (N-methyl/N-ethyl adjacent to an activating group) is 1. The number of rotatable bonds is 5. The quantitative estimate of drug-likeness (QED) is 0.841. The summed E-state index contributed by atoms with van der Waals surface area (Å²) in [5.74, 6) is 0.866. The fourth-order valence-corrected chi connectivity index (χ4v) is 2.43. The second-order valence-corrected chi connectivity index (χ2v) is 6.83. The van der Waals surface area contributed by atoms with Crippen molar-refractivity contribution in [2.75, 3.05) is 20.7 Å². The van der Waals surface area contributed by atoms with Crippen LogP contribution in [0, 0.1) is 6.92 Å². The standard InChI is InChI=1S/C17H26N4O3/c1-12-19-15-14(8-7-9-18-15)21(12)11-13(23-6)10-20(5)16(22)24-17(2,3)4/h7-9,13H,10-11H2,1-6H3/t13-/m0/s1. The smallest absolute Gasteiger partial charge is 0.410 e. The normalized spacial score (nSPS) is 13.1. The molecule has 2 aromatic heterocycles. The third-order valence-corrected chi connectivity index (χ3v) is 3.62. The van der Waals surface area contributed by atoms with Crippen LogP contribution in [0.2, 0.25) is 0 Å². The van der Waals surface area contributed by atoms with Crippen molar-refractivity contribution in [3.63, 3.8) is 0 Å². The van der Waals surface area contributed by atoms with Crippen LogP contribution >= 0.6 is 0 Å². The largest absolute Gasteiger partial charge is 0.444 e. The average molecular weight is 334 g/mol. The molecule has 1 atom stereocenters. The van der Waals surface area contributed by atoms with Crippen LogP contribution in [0.15, 0.2) is 18.3 Å². The molecule has 132 valence electrons. The van der Waals surface area contributed by atoms with Crippen LogP contribution < -0.4 is 0 Å². The van der Waals surface area contributed by atoms with Crippen LogP contribution in [-0.4, -0.2) is 57.9 Å². The van der Waals surface area contributed by atoms with Gasteiger partial charge in [-0.1, -0.05) is 0 Å². The van der Waals surface area contributed by atoms with Gasteiger partial charge in [0.25, 0.3) is 0 Å². The van der Waals surface area contributed by atoms with Gasteiger partial charge in [0, 0.05) is 20.4 Å².